The number of hydrogen-bond acceptors (Lipinski definition) is 3. The number of rotatable bonds is 2. The van der Waals surface area contributed by atoms with E-state index in [9.17, 15) is 18.0 Å². The summed E-state index contributed by atoms with van der Waals surface area (Å²) in [7, 11) is 0. The molecule has 1 aromatic heterocycles. The molecule has 0 aliphatic heterocycles. The first-order valence-electron chi connectivity index (χ1n) is 3.41. The van der Waals surface area contributed by atoms with Gasteiger partial charge < -0.3 is 10.8 Å². The van der Waals surface area contributed by atoms with E-state index in [0.717, 1.165) is 0 Å². The van der Waals surface area contributed by atoms with Crippen molar-refractivity contribution >= 4 is 11.7 Å². The maximum atomic E-state index is 12.8. The number of carboxylic acids is 1. The van der Waals surface area contributed by atoms with Crippen LogP contribution in [0.25, 0.3) is 0 Å². The van der Waals surface area contributed by atoms with Crippen LogP contribution in [0, 0.1) is 5.82 Å². The number of carboxylic acid groups (broad SMARTS) is 1. The Labute approximate surface area is 76.2 Å². The third-order valence-electron chi connectivity index (χ3n) is 1.46. The van der Waals surface area contributed by atoms with Crippen LogP contribution in [0.2, 0.25) is 0 Å². The Hall–Kier alpha value is -1.79. The number of aromatic nitrogens is 1. The summed E-state index contributed by atoms with van der Waals surface area (Å²) >= 11 is 0. The van der Waals surface area contributed by atoms with Gasteiger partial charge in [0.15, 0.2) is 11.5 Å². The molecule has 76 valence electrons. The summed E-state index contributed by atoms with van der Waals surface area (Å²) in [5, 5.41) is 8.39. The van der Waals surface area contributed by atoms with Crippen molar-refractivity contribution in [3.05, 3.63) is 23.3 Å². The minimum absolute atomic E-state index is 0.490. The van der Waals surface area contributed by atoms with Gasteiger partial charge in [0.1, 0.15) is 5.69 Å². The van der Waals surface area contributed by atoms with E-state index in [2.05, 4.69) is 4.98 Å². The van der Waals surface area contributed by atoms with Crippen molar-refractivity contribution in [2.45, 2.75) is 6.43 Å². The second-order valence-electron chi connectivity index (χ2n) is 2.39. The van der Waals surface area contributed by atoms with E-state index in [4.69, 9.17) is 10.8 Å². The van der Waals surface area contributed by atoms with E-state index in [1.165, 1.54) is 0 Å². The van der Waals surface area contributed by atoms with E-state index in [1.807, 2.05) is 0 Å². The van der Waals surface area contributed by atoms with Crippen molar-refractivity contribution in [1.82, 2.24) is 4.98 Å². The highest BCUT2D eigenvalue weighted by atomic mass is 19.3. The molecule has 0 unspecified atom stereocenters. The molecule has 1 rings (SSSR count). The number of halogens is 3. The molecule has 0 atom stereocenters. The van der Waals surface area contributed by atoms with E-state index >= 15 is 0 Å². The number of carbonyl (C=O) groups is 1. The quantitative estimate of drug-likeness (QED) is 0.767. The molecule has 7 heteroatoms. The van der Waals surface area contributed by atoms with Crippen molar-refractivity contribution < 1.29 is 23.1 Å². The lowest BCUT2D eigenvalue weighted by molar-refractivity contribution is 0.0688. The Balaban J connectivity index is 3.35. The summed E-state index contributed by atoms with van der Waals surface area (Å²) in [4.78, 5) is 13.3. The van der Waals surface area contributed by atoms with Gasteiger partial charge in [-0.3, -0.25) is 0 Å². The van der Waals surface area contributed by atoms with Gasteiger partial charge in [0.2, 0.25) is 0 Å². The smallest absolute Gasteiger partial charge is 0.354 e. The van der Waals surface area contributed by atoms with Crippen molar-refractivity contribution in [1.29, 1.82) is 0 Å². The molecule has 14 heavy (non-hydrogen) atoms. The third-order valence-corrected chi connectivity index (χ3v) is 1.46. The fraction of sp³-hybridized carbons (Fsp3) is 0.143. The van der Waals surface area contributed by atoms with Crippen molar-refractivity contribution in [2.75, 3.05) is 5.73 Å². The maximum absolute atomic E-state index is 12.8. The van der Waals surface area contributed by atoms with Crippen molar-refractivity contribution in [3.63, 3.8) is 0 Å². The predicted molar refractivity (Wildman–Crippen MR) is 40.5 cm³/mol. The molecule has 0 saturated heterocycles. The van der Waals surface area contributed by atoms with Crippen LogP contribution in [-0.4, -0.2) is 16.1 Å². The topological polar surface area (TPSA) is 76.2 Å². The highest BCUT2D eigenvalue weighted by molar-refractivity contribution is 5.85. The molecule has 0 aliphatic carbocycles. The zero-order valence-electron chi connectivity index (χ0n) is 6.67. The van der Waals surface area contributed by atoms with Crippen molar-refractivity contribution in [3.8, 4) is 0 Å². The summed E-state index contributed by atoms with van der Waals surface area (Å²) in [5.74, 6) is -2.81. The van der Waals surface area contributed by atoms with Gasteiger partial charge in [-0.05, 0) is 0 Å². The Morgan fingerprint density at radius 2 is 2.14 bits per heavy atom. The van der Waals surface area contributed by atoms with Crippen LogP contribution in [0.1, 0.15) is 22.6 Å². The van der Waals surface area contributed by atoms with Gasteiger partial charge in [-0.15, -0.1) is 0 Å². The molecule has 0 aliphatic rings. The average Bonchev–Trinajstić information content (AvgIpc) is 2.08. The first-order valence-corrected chi connectivity index (χ1v) is 3.41. The Morgan fingerprint density at radius 3 is 2.57 bits per heavy atom. The Kier molecular flexibility index (Phi) is 2.59. The number of hydrogen-bond donors (Lipinski definition) is 2. The molecule has 0 spiro atoms. The summed E-state index contributed by atoms with van der Waals surface area (Å²) in [6.07, 6.45) is -3.11. The maximum Gasteiger partial charge on any atom is 0.354 e. The second kappa shape index (κ2) is 3.52. The highest BCUT2D eigenvalue weighted by Crippen LogP contribution is 2.25. The number of alkyl halides is 2. The van der Waals surface area contributed by atoms with Crippen LogP contribution in [0.3, 0.4) is 0 Å². The molecule has 0 radical (unpaired) electrons. The summed E-state index contributed by atoms with van der Waals surface area (Å²) in [6, 6.07) is 0.490. The SMILES string of the molecule is Nc1c(F)cc(C(=O)O)nc1C(F)F. The van der Waals surface area contributed by atoms with Gasteiger partial charge in [0.25, 0.3) is 6.43 Å². The number of nitrogens with zero attached hydrogens (tertiary/aromatic N) is 1. The lowest BCUT2D eigenvalue weighted by Crippen LogP contribution is -2.08. The second-order valence-corrected chi connectivity index (χ2v) is 2.39. The standard InChI is InChI=1S/C7H5F3N2O2/c8-2-1-3(7(13)14)12-5(4(2)11)6(9)10/h1,6H,11H2,(H,13,14). The zero-order chi connectivity index (χ0) is 10.9. The first kappa shape index (κ1) is 10.3. The summed E-state index contributed by atoms with van der Waals surface area (Å²) in [6.45, 7) is 0. The number of nitrogen functional groups attached to an aromatic ring is 1. The Morgan fingerprint density at radius 1 is 1.57 bits per heavy atom. The molecule has 4 nitrogen and oxygen atoms in total. The molecule has 3 N–H and O–H groups in total. The van der Waals surface area contributed by atoms with Crippen LogP contribution >= 0.6 is 0 Å². The monoisotopic (exact) mass is 206 g/mol. The molecule has 0 fully saturated rings. The summed E-state index contributed by atoms with van der Waals surface area (Å²) < 4.78 is 37.1. The van der Waals surface area contributed by atoms with E-state index in [-0.39, 0.29) is 0 Å². The molecular formula is C7H5F3N2O2. The molecule has 0 bridgehead atoms. The van der Waals surface area contributed by atoms with E-state index in [1.54, 1.807) is 0 Å². The van der Waals surface area contributed by atoms with Crippen molar-refractivity contribution in [2.24, 2.45) is 0 Å². The molecule has 0 amide bonds. The number of pyridine rings is 1. The van der Waals surface area contributed by atoms with Gasteiger partial charge in [0.05, 0.1) is 5.69 Å². The Bertz CT molecular complexity index is 381. The van der Waals surface area contributed by atoms with Gasteiger partial charge >= 0.3 is 5.97 Å². The normalized spacial score (nSPS) is 10.6. The molecule has 0 saturated carbocycles. The van der Waals surface area contributed by atoms with Gasteiger partial charge in [-0.25, -0.2) is 22.9 Å². The lowest BCUT2D eigenvalue weighted by Gasteiger charge is -2.05. The number of aromatic carboxylic acids is 1. The molecule has 0 aromatic carbocycles. The number of nitrogens with two attached hydrogens (primary N) is 1. The van der Waals surface area contributed by atoms with Gasteiger partial charge in [-0.1, -0.05) is 0 Å². The van der Waals surface area contributed by atoms with E-state index in [0.29, 0.717) is 6.07 Å². The van der Waals surface area contributed by atoms with Crippen LogP contribution < -0.4 is 5.73 Å². The summed E-state index contributed by atoms with van der Waals surface area (Å²) in [5.41, 5.74) is 2.26. The highest BCUT2D eigenvalue weighted by Gasteiger charge is 2.20. The lowest BCUT2D eigenvalue weighted by atomic mass is 10.2. The minimum atomic E-state index is -3.11. The van der Waals surface area contributed by atoms with Crippen LogP contribution in [0.5, 0.6) is 0 Å². The first-order chi connectivity index (χ1) is 6.43. The minimum Gasteiger partial charge on any atom is -0.477 e. The largest absolute Gasteiger partial charge is 0.477 e. The predicted octanol–water partition coefficient (Wildman–Crippen LogP) is 1.44. The van der Waals surface area contributed by atoms with Gasteiger partial charge in [0, 0.05) is 6.07 Å². The van der Waals surface area contributed by atoms with Gasteiger partial charge in [-0.2, -0.15) is 0 Å². The average molecular weight is 206 g/mol. The molecule has 1 heterocycles. The van der Waals surface area contributed by atoms with Crippen LogP contribution in [0.15, 0.2) is 6.07 Å². The molecular weight excluding hydrogens is 201 g/mol. The fourth-order valence-corrected chi connectivity index (χ4v) is 0.818. The van der Waals surface area contributed by atoms with Crippen LogP contribution in [-0.2, 0) is 0 Å². The third kappa shape index (κ3) is 1.76. The fourth-order valence-electron chi connectivity index (χ4n) is 0.818. The van der Waals surface area contributed by atoms with E-state index < -0.39 is 35.3 Å². The number of anilines is 1. The van der Waals surface area contributed by atoms with Crippen LogP contribution in [0.4, 0.5) is 18.9 Å². The molecule has 1 aromatic rings. The zero-order valence-corrected chi connectivity index (χ0v) is 6.67.